The van der Waals surface area contributed by atoms with Gasteiger partial charge in [0.25, 0.3) is 0 Å². The predicted molar refractivity (Wildman–Crippen MR) is 39.0 cm³/mol. The van der Waals surface area contributed by atoms with Gasteiger partial charge in [-0.05, 0) is 11.1 Å². The van der Waals surface area contributed by atoms with E-state index in [1.165, 1.54) is 5.56 Å². The van der Waals surface area contributed by atoms with E-state index in [2.05, 4.69) is 0 Å². The second kappa shape index (κ2) is 1.65. The van der Waals surface area contributed by atoms with Crippen LogP contribution < -0.4 is 0 Å². The molecular weight excluding hydrogens is 140 g/mol. The van der Waals surface area contributed by atoms with Crippen LogP contribution in [-0.4, -0.2) is 11.2 Å². The van der Waals surface area contributed by atoms with Gasteiger partial charge in [-0.2, -0.15) is 0 Å². The standard InChI is InChI=1S/C9H8O2/c10-7-5-3-1-2-4-6(5)8-9(7)11-8/h1-4,7-10H/t7-,8+,9-/m1/s1. The number of rotatable bonds is 0. The molecule has 1 heterocycles. The zero-order chi connectivity index (χ0) is 7.42. The molecule has 1 fully saturated rings. The molecule has 0 amide bonds. The fourth-order valence-electron chi connectivity index (χ4n) is 1.83. The van der Waals surface area contributed by atoms with Crippen LogP contribution in [0.5, 0.6) is 0 Å². The minimum absolute atomic E-state index is 0.0624. The first-order valence-corrected chi connectivity index (χ1v) is 3.80. The molecule has 1 aliphatic carbocycles. The normalized spacial score (nSPS) is 38.1. The first-order valence-electron chi connectivity index (χ1n) is 3.80. The summed E-state index contributed by atoms with van der Waals surface area (Å²) in [6, 6.07) is 7.92. The lowest BCUT2D eigenvalue weighted by molar-refractivity contribution is 0.134. The fraction of sp³-hybridized carbons (Fsp3) is 0.333. The third-order valence-electron chi connectivity index (χ3n) is 2.46. The van der Waals surface area contributed by atoms with Crippen LogP contribution in [0.1, 0.15) is 23.3 Å². The number of aliphatic hydroxyl groups excluding tert-OH is 1. The molecule has 1 N–H and O–H groups in total. The van der Waals surface area contributed by atoms with E-state index in [9.17, 15) is 5.11 Å². The van der Waals surface area contributed by atoms with Crippen molar-refractivity contribution in [1.82, 2.24) is 0 Å². The molecule has 1 aliphatic heterocycles. The molecule has 1 aromatic rings. The molecule has 0 spiro atoms. The highest BCUT2D eigenvalue weighted by molar-refractivity contribution is 5.41. The number of aliphatic hydroxyl groups is 1. The van der Waals surface area contributed by atoms with Gasteiger partial charge in [-0.25, -0.2) is 0 Å². The second-order valence-corrected chi connectivity index (χ2v) is 3.10. The van der Waals surface area contributed by atoms with Crippen molar-refractivity contribution in [3.05, 3.63) is 35.4 Å². The van der Waals surface area contributed by atoms with Crippen molar-refractivity contribution in [2.75, 3.05) is 0 Å². The average molecular weight is 148 g/mol. The maximum absolute atomic E-state index is 9.57. The summed E-state index contributed by atoms with van der Waals surface area (Å²) in [5, 5.41) is 9.57. The number of hydrogen-bond acceptors (Lipinski definition) is 2. The molecule has 2 aliphatic rings. The molecule has 1 aromatic carbocycles. The van der Waals surface area contributed by atoms with Crippen molar-refractivity contribution in [3.8, 4) is 0 Å². The van der Waals surface area contributed by atoms with Gasteiger partial charge in [-0.3, -0.25) is 0 Å². The summed E-state index contributed by atoms with van der Waals surface area (Å²) in [5.41, 5.74) is 2.22. The molecule has 2 heteroatoms. The summed E-state index contributed by atoms with van der Waals surface area (Å²) in [6.07, 6.45) is -0.121. The Morgan fingerprint density at radius 1 is 1.18 bits per heavy atom. The van der Waals surface area contributed by atoms with Gasteiger partial charge in [-0.15, -0.1) is 0 Å². The zero-order valence-corrected chi connectivity index (χ0v) is 5.90. The van der Waals surface area contributed by atoms with Crippen LogP contribution >= 0.6 is 0 Å². The molecule has 0 bridgehead atoms. The van der Waals surface area contributed by atoms with E-state index in [1.807, 2.05) is 24.3 Å². The van der Waals surface area contributed by atoms with Crippen LogP contribution in [0, 0.1) is 0 Å². The molecule has 56 valence electrons. The minimum Gasteiger partial charge on any atom is -0.386 e. The lowest BCUT2D eigenvalue weighted by atomic mass is 10.1. The van der Waals surface area contributed by atoms with Crippen LogP contribution in [-0.2, 0) is 4.74 Å². The van der Waals surface area contributed by atoms with Gasteiger partial charge in [0, 0.05) is 0 Å². The van der Waals surface area contributed by atoms with Gasteiger partial charge >= 0.3 is 0 Å². The smallest absolute Gasteiger partial charge is 0.119 e. The largest absolute Gasteiger partial charge is 0.386 e. The number of hydrogen-bond donors (Lipinski definition) is 1. The summed E-state index contributed by atoms with van der Waals surface area (Å²) in [7, 11) is 0. The molecule has 0 unspecified atom stereocenters. The Bertz CT molecular complexity index is 293. The molecule has 1 saturated heterocycles. The van der Waals surface area contributed by atoms with E-state index in [-0.39, 0.29) is 18.3 Å². The van der Waals surface area contributed by atoms with Crippen molar-refractivity contribution in [2.45, 2.75) is 18.3 Å². The Morgan fingerprint density at radius 2 is 1.91 bits per heavy atom. The zero-order valence-electron chi connectivity index (χ0n) is 5.90. The molecule has 11 heavy (non-hydrogen) atoms. The van der Waals surface area contributed by atoms with E-state index >= 15 is 0 Å². The van der Waals surface area contributed by atoms with Crippen molar-refractivity contribution in [1.29, 1.82) is 0 Å². The fourth-order valence-corrected chi connectivity index (χ4v) is 1.83. The Hall–Kier alpha value is -0.860. The average Bonchev–Trinajstić information content (AvgIpc) is 2.78. The molecule has 2 nitrogen and oxygen atoms in total. The first kappa shape index (κ1) is 5.75. The maximum Gasteiger partial charge on any atom is 0.119 e. The van der Waals surface area contributed by atoms with Crippen molar-refractivity contribution >= 4 is 0 Å². The van der Waals surface area contributed by atoms with Crippen LogP contribution in [0.3, 0.4) is 0 Å². The molecule has 0 saturated carbocycles. The number of epoxide rings is 1. The molecule has 3 atom stereocenters. The summed E-state index contributed by atoms with van der Waals surface area (Å²) >= 11 is 0. The Morgan fingerprint density at radius 3 is 2.64 bits per heavy atom. The molecule has 3 rings (SSSR count). The molecular formula is C9H8O2. The van der Waals surface area contributed by atoms with Gasteiger partial charge in [0.15, 0.2) is 0 Å². The van der Waals surface area contributed by atoms with E-state index in [1.54, 1.807) is 0 Å². The third kappa shape index (κ3) is 0.588. The summed E-state index contributed by atoms with van der Waals surface area (Å²) in [5.74, 6) is 0. The quantitative estimate of drug-likeness (QED) is 0.560. The van der Waals surface area contributed by atoms with Crippen molar-refractivity contribution in [2.24, 2.45) is 0 Å². The lowest BCUT2D eigenvalue weighted by Crippen LogP contribution is -1.99. The van der Waals surface area contributed by atoms with Crippen molar-refractivity contribution in [3.63, 3.8) is 0 Å². The second-order valence-electron chi connectivity index (χ2n) is 3.10. The number of benzene rings is 1. The Kier molecular flexibility index (Phi) is 0.864. The van der Waals surface area contributed by atoms with Crippen LogP contribution in [0.4, 0.5) is 0 Å². The molecule has 0 aromatic heterocycles. The van der Waals surface area contributed by atoms with Gasteiger partial charge < -0.3 is 9.84 Å². The Balaban J connectivity index is 2.22. The molecule has 0 radical (unpaired) electrons. The summed E-state index contributed by atoms with van der Waals surface area (Å²) in [4.78, 5) is 0. The van der Waals surface area contributed by atoms with E-state index < -0.39 is 0 Å². The van der Waals surface area contributed by atoms with Crippen LogP contribution in [0.15, 0.2) is 24.3 Å². The minimum atomic E-state index is -0.379. The highest BCUT2D eigenvalue weighted by Crippen LogP contribution is 2.54. The lowest BCUT2D eigenvalue weighted by Gasteiger charge is -2.05. The summed E-state index contributed by atoms with van der Waals surface area (Å²) in [6.45, 7) is 0. The van der Waals surface area contributed by atoms with Crippen molar-refractivity contribution < 1.29 is 9.84 Å². The van der Waals surface area contributed by atoms with E-state index in [0.717, 1.165) is 5.56 Å². The van der Waals surface area contributed by atoms with E-state index in [0.29, 0.717) is 0 Å². The van der Waals surface area contributed by atoms with Gasteiger partial charge in [0.1, 0.15) is 18.3 Å². The number of fused-ring (bicyclic) bond motifs is 3. The van der Waals surface area contributed by atoms with Gasteiger partial charge in [-0.1, -0.05) is 24.3 Å². The predicted octanol–water partition coefficient (Wildman–Crippen LogP) is 1.17. The first-order chi connectivity index (χ1) is 5.38. The highest BCUT2D eigenvalue weighted by atomic mass is 16.6. The topological polar surface area (TPSA) is 32.8 Å². The Labute approximate surface area is 64.4 Å². The van der Waals surface area contributed by atoms with Crippen LogP contribution in [0.2, 0.25) is 0 Å². The monoisotopic (exact) mass is 148 g/mol. The SMILES string of the molecule is O[C@@H]1c2ccccc2[C@@H]2O[C@H]12. The van der Waals surface area contributed by atoms with Gasteiger partial charge in [0.05, 0.1) is 0 Å². The van der Waals surface area contributed by atoms with E-state index in [4.69, 9.17) is 4.74 Å². The number of ether oxygens (including phenoxy) is 1. The highest BCUT2D eigenvalue weighted by Gasteiger charge is 2.53. The third-order valence-corrected chi connectivity index (χ3v) is 2.46. The maximum atomic E-state index is 9.57. The van der Waals surface area contributed by atoms with Crippen LogP contribution in [0.25, 0.3) is 0 Å². The summed E-state index contributed by atoms with van der Waals surface area (Å²) < 4.78 is 5.24. The van der Waals surface area contributed by atoms with Gasteiger partial charge in [0.2, 0.25) is 0 Å².